The molecule has 2 heterocycles. The van der Waals surface area contributed by atoms with E-state index >= 15 is 0 Å². The van der Waals surface area contributed by atoms with E-state index in [0.717, 1.165) is 11.4 Å². The lowest BCUT2D eigenvalue weighted by atomic mass is 10.1. The molecule has 1 unspecified atom stereocenters. The van der Waals surface area contributed by atoms with E-state index in [-0.39, 0.29) is 11.9 Å². The van der Waals surface area contributed by atoms with Crippen LogP contribution in [-0.2, 0) is 0 Å². The Labute approximate surface area is 142 Å². The van der Waals surface area contributed by atoms with Crippen LogP contribution in [0.5, 0.6) is 0 Å². The topological polar surface area (TPSA) is 46.9 Å². The van der Waals surface area contributed by atoms with Gasteiger partial charge in [0.05, 0.1) is 23.5 Å². The number of aromatic nitrogens is 2. The number of carbonyl (C=O) groups is 1. The van der Waals surface area contributed by atoms with Crippen LogP contribution in [-0.4, -0.2) is 15.5 Å². The molecule has 1 amide bonds. The molecule has 1 N–H and O–H groups in total. The number of pyridine rings is 1. The highest BCUT2D eigenvalue weighted by Crippen LogP contribution is 2.26. The zero-order valence-corrected chi connectivity index (χ0v) is 14.2. The summed E-state index contributed by atoms with van der Waals surface area (Å²) in [6.07, 6.45) is 3.33. The van der Waals surface area contributed by atoms with Gasteiger partial charge in [0.25, 0.3) is 5.91 Å². The number of nitrogens with one attached hydrogen (secondary N) is 1. The Balaban J connectivity index is 1.90. The summed E-state index contributed by atoms with van der Waals surface area (Å²) in [5, 5.41) is 2.90. The molecule has 3 aromatic rings. The third-order valence-corrected chi connectivity index (χ3v) is 4.32. The maximum atomic E-state index is 12.6. The van der Waals surface area contributed by atoms with E-state index in [9.17, 15) is 4.79 Å². The van der Waals surface area contributed by atoms with Gasteiger partial charge < -0.3 is 9.88 Å². The normalized spacial score (nSPS) is 12.0. The Kier molecular flexibility index (Phi) is 4.47. The highest BCUT2D eigenvalue weighted by molar-refractivity contribution is 6.05. The number of anilines is 1. The SMILES string of the molecule is Cc1cc(C(=O)Nc2cccnc2)c(C)n1C(C)c1ccccc1. The molecule has 24 heavy (non-hydrogen) atoms. The summed E-state index contributed by atoms with van der Waals surface area (Å²) in [5.74, 6) is -0.109. The van der Waals surface area contributed by atoms with Crippen molar-refractivity contribution < 1.29 is 4.79 Å². The molecule has 3 rings (SSSR count). The largest absolute Gasteiger partial charge is 0.341 e. The molecule has 0 saturated carbocycles. The van der Waals surface area contributed by atoms with E-state index < -0.39 is 0 Å². The van der Waals surface area contributed by atoms with Gasteiger partial charge in [0.2, 0.25) is 0 Å². The van der Waals surface area contributed by atoms with Gasteiger partial charge in [0.1, 0.15) is 0 Å². The Morgan fingerprint density at radius 1 is 1.12 bits per heavy atom. The molecule has 0 spiro atoms. The van der Waals surface area contributed by atoms with E-state index in [4.69, 9.17) is 0 Å². The zero-order chi connectivity index (χ0) is 17.1. The smallest absolute Gasteiger partial charge is 0.257 e. The summed E-state index contributed by atoms with van der Waals surface area (Å²) < 4.78 is 2.20. The number of nitrogens with zero attached hydrogens (tertiary/aromatic N) is 2. The quantitative estimate of drug-likeness (QED) is 0.776. The van der Waals surface area contributed by atoms with Crippen LogP contribution in [0.4, 0.5) is 5.69 Å². The van der Waals surface area contributed by atoms with Gasteiger partial charge in [-0.3, -0.25) is 9.78 Å². The fraction of sp³-hybridized carbons (Fsp3) is 0.200. The lowest BCUT2D eigenvalue weighted by Gasteiger charge is -2.19. The van der Waals surface area contributed by atoms with Crippen LogP contribution < -0.4 is 5.32 Å². The number of amides is 1. The molecular weight excluding hydrogens is 298 g/mol. The lowest BCUT2D eigenvalue weighted by molar-refractivity contribution is 0.102. The highest BCUT2D eigenvalue weighted by atomic mass is 16.1. The second kappa shape index (κ2) is 6.71. The van der Waals surface area contributed by atoms with Crippen LogP contribution in [0.2, 0.25) is 0 Å². The molecule has 1 aromatic carbocycles. The predicted molar refractivity (Wildman–Crippen MR) is 96.4 cm³/mol. The maximum absolute atomic E-state index is 12.6. The summed E-state index contributed by atoms with van der Waals surface area (Å²) >= 11 is 0. The summed E-state index contributed by atoms with van der Waals surface area (Å²) in [6, 6.07) is 16.1. The van der Waals surface area contributed by atoms with Gasteiger partial charge >= 0.3 is 0 Å². The van der Waals surface area contributed by atoms with E-state index in [1.807, 2.05) is 44.2 Å². The summed E-state index contributed by atoms with van der Waals surface area (Å²) in [6.45, 7) is 6.18. The Bertz CT molecular complexity index is 838. The molecule has 0 aliphatic heterocycles. The van der Waals surface area contributed by atoms with Gasteiger partial charge in [-0.1, -0.05) is 30.3 Å². The van der Waals surface area contributed by atoms with Crippen LogP contribution in [0.3, 0.4) is 0 Å². The minimum absolute atomic E-state index is 0.109. The number of aryl methyl sites for hydroxylation is 1. The summed E-state index contributed by atoms with van der Waals surface area (Å²) in [4.78, 5) is 16.6. The van der Waals surface area contributed by atoms with E-state index in [0.29, 0.717) is 11.3 Å². The summed E-state index contributed by atoms with van der Waals surface area (Å²) in [5.41, 5.74) is 4.64. The average Bonchev–Trinajstić information content (AvgIpc) is 2.90. The van der Waals surface area contributed by atoms with Crippen molar-refractivity contribution in [2.75, 3.05) is 5.32 Å². The minimum atomic E-state index is -0.109. The number of hydrogen-bond acceptors (Lipinski definition) is 2. The van der Waals surface area contributed by atoms with Crippen molar-refractivity contribution in [2.24, 2.45) is 0 Å². The van der Waals surface area contributed by atoms with Crippen molar-refractivity contribution in [2.45, 2.75) is 26.8 Å². The number of hydrogen-bond donors (Lipinski definition) is 1. The first-order chi connectivity index (χ1) is 11.6. The number of rotatable bonds is 4. The molecule has 122 valence electrons. The molecule has 0 fully saturated rings. The monoisotopic (exact) mass is 319 g/mol. The molecule has 4 heteroatoms. The fourth-order valence-electron chi connectivity index (χ4n) is 3.12. The first-order valence-electron chi connectivity index (χ1n) is 8.02. The second-order valence-electron chi connectivity index (χ2n) is 5.94. The van der Waals surface area contributed by atoms with E-state index in [2.05, 4.69) is 33.9 Å². The molecule has 0 radical (unpaired) electrons. The van der Waals surface area contributed by atoms with Gasteiger partial charge in [0, 0.05) is 17.6 Å². The van der Waals surface area contributed by atoms with Gasteiger partial charge in [0.15, 0.2) is 0 Å². The van der Waals surface area contributed by atoms with Gasteiger partial charge in [-0.15, -0.1) is 0 Å². The minimum Gasteiger partial charge on any atom is -0.341 e. The molecule has 0 aliphatic carbocycles. The zero-order valence-electron chi connectivity index (χ0n) is 14.2. The standard InChI is InChI=1S/C20H21N3O/c1-14-12-19(20(24)22-18-10-7-11-21-13-18)16(3)23(14)15(2)17-8-5-4-6-9-17/h4-13,15H,1-3H3,(H,22,24). The highest BCUT2D eigenvalue weighted by Gasteiger charge is 2.19. The molecule has 4 nitrogen and oxygen atoms in total. The fourth-order valence-corrected chi connectivity index (χ4v) is 3.12. The Hall–Kier alpha value is -2.88. The molecule has 0 bridgehead atoms. The molecular formula is C20H21N3O. The van der Waals surface area contributed by atoms with Gasteiger partial charge in [-0.2, -0.15) is 0 Å². The van der Waals surface area contributed by atoms with Crippen LogP contribution in [0, 0.1) is 13.8 Å². The van der Waals surface area contributed by atoms with Crippen molar-refractivity contribution in [1.82, 2.24) is 9.55 Å². The van der Waals surface area contributed by atoms with Crippen molar-refractivity contribution in [1.29, 1.82) is 0 Å². The van der Waals surface area contributed by atoms with E-state index in [1.54, 1.807) is 18.5 Å². The van der Waals surface area contributed by atoms with Crippen LogP contribution in [0.25, 0.3) is 0 Å². The average molecular weight is 319 g/mol. The first-order valence-corrected chi connectivity index (χ1v) is 8.02. The third kappa shape index (κ3) is 3.08. The molecule has 0 saturated heterocycles. The van der Waals surface area contributed by atoms with Crippen molar-refractivity contribution >= 4 is 11.6 Å². The number of benzene rings is 1. The Morgan fingerprint density at radius 3 is 2.54 bits per heavy atom. The number of carbonyl (C=O) groups excluding carboxylic acids is 1. The van der Waals surface area contributed by atoms with Gasteiger partial charge in [-0.05, 0) is 44.5 Å². The predicted octanol–water partition coefficient (Wildman–Crippen LogP) is 4.36. The third-order valence-electron chi connectivity index (χ3n) is 4.32. The Morgan fingerprint density at radius 2 is 1.88 bits per heavy atom. The van der Waals surface area contributed by atoms with Crippen molar-refractivity contribution in [3.8, 4) is 0 Å². The first kappa shape index (κ1) is 16.0. The molecule has 2 aromatic heterocycles. The van der Waals surface area contributed by atoms with Crippen LogP contribution in [0.15, 0.2) is 60.9 Å². The maximum Gasteiger partial charge on any atom is 0.257 e. The molecule has 0 aliphatic rings. The second-order valence-corrected chi connectivity index (χ2v) is 5.94. The van der Waals surface area contributed by atoms with E-state index in [1.165, 1.54) is 5.56 Å². The lowest BCUT2D eigenvalue weighted by Crippen LogP contribution is -2.15. The van der Waals surface area contributed by atoms with Crippen LogP contribution in [0.1, 0.15) is 40.3 Å². The van der Waals surface area contributed by atoms with Gasteiger partial charge in [-0.25, -0.2) is 0 Å². The van der Waals surface area contributed by atoms with Crippen molar-refractivity contribution in [3.63, 3.8) is 0 Å². The van der Waals surface area contributed by atoms with Crippen LogP contribution >= 0.6 is 0 Å². The summed E-state index contributed by atoms with van der Waals surface area (Å²) in [7, 11) is 0. The van der Waals surface area contributed by atoms with Crippen molar-refractivity contribution in [3.05, 3.63) is 83.4 Å². The molecule has 1 atom stereocenters.